The van der Waals surface area contributed by atoms with Crippen molar-refractivity contribution in [3.8, 4) is 5.75 Å². The molecule has 0 saturated heterocycles. The minimum absolute atomic E-state index is 0.0998. The van der Waals surface area contributed by atoms with E-state index >= 15 is 0 Å². The first kappa shape index (κ1) is 17.3. The second-order valence-corrected chi connectivity index (χ2v) is 5.61. The molecule has 0 aliphatic rings. The van der Waals surface area contributed by atoms with Gasteiger partial charge < -0.3 is 19.5 Å². The Morgan fingerprint density at radius 3 is 2.87 bits per heavy atom. The molecule has 1 aromatic heterocycles. The van der Waals surface area contributed by atoms with E-state index in [-0.39, 0.29) is 5.91 Å². The Bertz CT molecular complexity index is 645. The molecule has 0 saturated carbocycles. The zero-order valence-electron chi connectivity index (χ0n) is 13.2. The number of hydrogen-bond donors (Lipinski definition) is 1. The molecule has 2 aromatic rings. The number of para-hydroxylation sites is 1. The topological polar surface area (TPSA) is 67.6 Å². The predicted octanol–water partition coefficient (Wildman–Crippen LogP) is 2.98. The Morgan fingerprint density at radius 1 is 1.39 bits per heavy atom. The number of anilines is 1. The maximum Gasteiger partial charge on any atom is 0.226 e. The second-order valence-electron chi connectivity index (χ2n) is 5.20. The lowest BCUT2D eigenvalue weighted by atomic mass is 10.3. The van der Waals surface area contributed by atoms with E-state index in [0.29, 0.717) is 48.5 Å². The minimum atomic E-state index is -0.0998. The second kappa shape index (κ2) is 8.55. The van der Waals surface area contributed by atoms with E-state index in [1.54, 1.807) is 19.1 Å². The van der Waals surface area contributed by atoms with Crippen LogP contribution in [0.15, 0.2) is 34.9 Å². The number of aromatic nitrogens is 1. The summed E-state index contributed by atoms with van der Waals surface area (Å²) in [6, 6.07) is 9.03. The van der Waals surface area contributed by atoms with Crippen molar-refractivity contribution in [2.45, 2.75) is 13.3 Å². The van der Waals surface area contributed by atoms with Crippen LogP contribution in [0.25, 0.3) is 0 Å². The Balaban J connectivity index is 1.64. The zero-order chi connectivity index (χ0) is 16.7. The van der Waals surface area contributed by atoms with Gasteiger partial charge in [0.15, 0.2) is 5.82 Å². The highest BCUT2D eigenvalue weighted by Crippen LogP contribution is 2.22. The van der Waals surface area contributed by atoms with E-state index in [2.05, 4.69) is 10.5 Å². The number of aryl methyl sites for hydroxylation is 1. The molecule has 23 heavy (non-hydrogen) atoms. The van der Waals surface area contributed by atoms with Gasteiger partial charge in [-0.1, -0.05) is 28.9 Å². The largest absolute Gasteiger partial charge is 0.491 e. The van der Waals surface area contributed by atoms with Gasteiger partial charge in [-0.3, -0.25) is 4.79 Å². The van der Waals surface area contributed by atoms with Crippen LogP contribution in [-0.4, -0.2) is 42.7 Å². The van der Waals surface area contributed by atoms with Crippen molar-refractivity contribution in [3.63, 3.8) is 0 Å². The fourth-order valence-corrected chi connectivity index (χ4v) is 2.10. The Kier molecular flexibility index (Phi) is 6.43. The van der Waals surface area contributed by atoms with Gasteiger partial charge >= 0.3 is 0 Å². The number of carbonyl (C=O) groups is 1. The maximum atomic E-state index is 11.8. The average molecular weight is 338 g/mol. The van der Waals surface area contributed by atoms with Gasteiger partial charge in [0.05, 0.1) is 5.02 Å². The molecule has 0 atom stereocenters. The number of likely N-dealkylation sites (N-methyl/N-ethyl adjacent to an activating group) is 1. The molecular formula is C16H20ClN3O3. The van der Waals surface area contributed by atoms with Crippen LogP contribution >= 0.6 is 11.6 Å². The number of ether oxygens (including phenoxy) is 1. The van der Waals surface area contributed by atoms with Crippen molar-refractivity contribution in [2.75, 3.05) is 32.1 Å². The van der Waals surface area contributed by atoms with Crippen LogP contribution in [-0.2, 0) is 4.79 Å². The monoisotopic (exact) mass is 337 g/mol. The average Bonchev–Trinajstić information content (AvgIpc) is 2.92. The first-order valence-corrected chi connectivity index (χ1v) is 7.71. The van der Waals surface area contributed by atoms with Crippen LogP contribution in [0, 0.1) is 6.92 Å². The van der Waals surface area contributed by atoms with Gasteiger partial charge in [-0.05, 0) is 26.1 Å². The van der Waals surface area contributed by atoms with Gasteiger partial charge in [-0.15, -0.1) is 0 Å². The minimum Gasteiger partial charge on any atom is -0.491 e. The highest BCUT2D eigenvalue weighted by atomic mass is 35.5. The van der Waals surface area contributed by atoms with E-state index in [1.807, 2.05) is 30.1 Å². The van der Waals surface area contributed by atoms with Crippen molar-refractivity contribution in [2.24, 2.45) is 0 Å². The first-order chi connectivity index (χ1) is 11.0. The molecule has 1 aromatic carbocycles. The summed E-state index contributed by atoms with van der Waals surface area (Å²) in [6.07, 6.45) is 0.370. The highest BCUT2D eigenvalue weighted by molar-refractivity contribution is 6.32. The van der Waals surface area contributed by atoms with E-state index in [1.165, 1.54) is 0 Å². The predicted molar refractivity (Wildman–Crippen MR) is 88.9 cm³/mol. The molecule has 0 aliphatic heterocycles. The Morgan fingerprint density at radius 2 is 2.17 bits per heavy atom. The lowest BCUT2D eigenvalue weighted by molar-refractivity contribution is -0.116. The van der Waals surface area contributed by atoms with Crippen LogP contribution < -0.4 is 10.1 Å². The molecule has 7 heteroatoms. The van der Waals surface area contributed by atoms with Gasteiger partial charge in [-0.25, -0.2) is 0 Å². The Labute approximate surface area is 140 Å². The summed E-state index contributed by atoms with van der Waals surface area (Å²) in [6.45, 7) is 3.59. The Hall–Kier alpha value is -2.05. The van der Waals surface area contributed by atoms with E-state index in [4.69, 9.17) is 20.9 Å². The quantitative estimate of drug-likeness (QED) is 0.802. The summed E-state index contributed by atoms with van der Waals surface area (Å²) >= 11 is 6.02. The summed E-state index contributed by atoms with van der Waals surface area (Å²) in [4.78, 5) is 13.8. The molecule has 0 spiro atoms. The van der Waals surface area contributed by atoms with Crippen LogP contribution in [0.2, 0.25) is 5.02 Å². The number of amides is 1. The smallest absolute Gasteiger partial charge is 0.226 e. The molecular weight excluding hydrogens is 318 g/mol. The number of rotatable bonds is 8. The van der Waals surface area contributed by atoms with Crippen molar-refractivity contribution >= 4 is 23.3 Å². The van der Waals surface area contributed by atoms with E-state index in [9.17, 15) is 4.79 Å². The normalized spacial score (nSPS) is 10.8. The molecule has 6 nitrogen and oxygen atoms in total. The molecule has 0 radical (unpaired) electrons. The van der Waals surface area contributed by atoms with Gasteiger partial charge in [0, 0.05) is 25.6 Å². The number of carbonyl (C=O) groups excluding carboxylic acids is 1. The van der Waals surface area contributed by atoms with Gasteiger partial charge in [0.1, 0.15) is 18.1 Å². The summed E-state index contributed by atoms with van der Waals surface area (Å²) in [5.41, 5.74) is 0. The van der Waals surface area contributed by atoms with Gasteiger partial charge in [0.2, 0.25) is 5.91 Å². The van der Waals surface area contributed by atoms with Crippen LogP contribution in [0.3, 0.4) is 0 Å². The van der Waals surface area contributed by atoms with Crippen molar-refractivity contribution < 1.29 is 14.1 Å². The van der Waals surface area contributed by atoms with Crippen LogP contribution in [0.5, 0.6) is 5.75 Å². The summed E-state index contributed by atoms with van der Waals surface area (Å²) < 4.78 is 10.5. The molecule has 1 heterocycles. The van der Waals surface area contributed by atoms with Crippen LogP contribution in [0.4, 0.5) is 5.82 Å². The van der Waals surface area contributed by atoms with Gasteiger partial charge in [0.25, 0.3) is 0 Å². The highest BCUT2D eigenvalue weighted by Gasteiger charge is 2.08. The van der Waals surface area contributed by atoms with Gasteiger partial charge in [-0.2, -0.15) is 0 Å². The van der Waals surface area contributed by atoms with Crippen LogP contribution in [0.1, 0.15) is 12.2 Å². The van der Waals surface area contributed by atoms with E-state index in [0.717, 1.165) is 0 Å². The molecule has 0 bridgehead atoms. The number of benzene rings is 1. The molecule has 2 rings (SSSR count). The van der Waals surface area contributed by atoms with Crippen molar-refractivity contribution in [1.82, 2.24) is 10.1 Å². The SMILES string of the molecule is Cc1cc(NC(=O)CCN(C)CCOc2ccccc2Cl)no1. The number of nitrogens with zero attached hydrogens (tertiary/aromatic N) is 2. The maximum absolute atomic E-state index is 11.8. The molecule has 0 aliphatic carbocycles. The summed E-state index contributed by atoms with van der Waals surface area (Å²) in [7, 11) is 1.93. The summed E-state index contributed by atoms with van der Waals surface area (Å²) in [5, 5.41) is 7.00. The standard InChI is InChI=1S/C16H20ClN3O3/c1-12-11-15(19-23-12)18-16(21)7-8-20(2)9-10-22-14-6-4-3-5-13(14)17/h3-6,11H,7-10H2,1-2H3,(H,18,19,21). The molecule has 1 N–H and O–H groups in total. The third kappa shape index (κ3) is 5.92. The lowest BCUT2D eigenvalue weighted by Crippen LogP contribution is -2.28. The fraction of sp³-hybridized carbons (Fsp3) is 0.375. The molecule has 0 unspecified atom stereocenters. The third-order valence-corrected chi connectivity index (χ3v) is 3.50. The van der Waals surface area contributed by atoms with Crippen molar-refractivity contribution in [3.05, 3.63) is 41.1 Å². The first-order valence-electron chi connectivity index (χ1n) is 7.33. The number of halogens is 1. The number of nitrogens with one attached hydrogen (secondary N) is 1. The zero-order valence-corrected chi connectivity index (χ0v) is 14.0. The molecule has 1 amide bonds. The third-order valence-electron chi connectivity index (χ3n) is 3.18. The number of hydrogen-bond acceptors (Lipinski definition) is 5. The molecule has 0 fully saturated rings. The molecule has 124 valence electrons. The summed E-state index contributed by atoms with van der Waals surface area (Å²) in [5.74, 6) is 1.67. The lowest BCUT2D eigenvalue weighted by Gasteiger charge is -2.16. The fourth-order valence-electron chi connectivity index (χ4n) is 1.91. The van der Waals surface area contributed by atoms with E-state index < -0.39 is 0 Å². The van der Waals surface area contributed by atoms with Crippen molar-refractivity contribution in [1.29, 1.82) is 0 Å².